The lowest BCUT2D eigenvalue weighted by Crippen LogP contribution is -2.50. The SMILES string of the molecule is CC(NC(=O)N1CCC(C(=O)O)CC1)C1CCOCC1. The van der Waals surface area contributed by atoms with Crippen LogP contribution in [0.15, 0.2) is 0 Å². The molecule has 114 valence electrons. The highest BCUT2D eigenvalue weighted by Crippen LogP contribution is 2.20. The van der Waals surface area contributed by atoms with Crippen molar-refractivity contribution >= 4 is 12.0 Å². The van der Waals surface area contributed by atoms with E-state index in [0.717, 1.165) is 26.1 Å². The predicted molar refractivity (Wildman–Crippen MR) is 73.5 cm³/mol. The van der Waals surface area contributed by atoms with Gasteiger partial charge in [0, 0.05) is 32.3 Å². The molecule has 0 aromatic rings. The molecular weight excluding hydrogens is 260 g/mol. The summed E-state index contributed by atoms with van der Waals surface area (Å²) < 4.78 is 5.33. The zero-order valence-corrected chi connectivity index (χ0v) is 12.0. The Kier molecular flexibility index (Phi) is 5.23. The van der Waals surface area contributed by atoms with Crippen LogP contribution in [-0.2, 0) is 9.53 Å². The van der Waals surface area contributed by atoms with Gasteiger partial charge in [-0.05, 0) is 38.5 Å². The molecule has 0 aromatic heterocycles. The van der Waals surface area contributed by atoms with Gasteiger partial charge in [-0.3, -0.25) is 4.79 Å². The molecule has 2 rings (SSSR count). The number of carboxylic acid groups (broad SMARTS) is 1. The summed E-state index contributed by atoms with van der Waals surface area (Å²) in [6.07, 6.45) is 3.08. The van der Waals surface area contributed by atoms with Gasteiger partial charge in [0.2, 0.25) is 0 Å². The van der Waals surface area contributed by atoms with Crippen LogP contribution >= 0.6 is 0 Å². The van der Waals surface area contributed by atoms with Gasteiger partial charge in [-0.1, -0.05) is 0 Å². The standard InChI is InChI=1S/C14H24N2O4/c1-10(11-4-8-20-9-5-11)15-14(19)16-6-2-12(3-7-16)13(17)18/h10-12H,2-9H2,1H3,(H,15,19)(H,17,18). The molecule has 0 aromatic carbocycles. The Bertz CT molecular complexity index is 347. The average molecular weight is 284 g/mol. The molecule has 0 radical (unpaired) electrons. The van der Waals surface area contributed by atoms with Crippen LogP contribution in [0.2, 0.25) is 0 Å². The van der Waals surface area contributed by atoms with Crippen molar-refractivity contribution in [3.8, 4) is 0 Å². The van der Waals surface area contributed by atoms with Gasteiger partial charge in [0.25, 0.3) is 0 Å². The monoisotopic (exact) mass is 284 g/mol. The van der Waals surface area contributed by atoms with Gasteiger partial charge < -0.3 is 20.1 Å². The summed E-state index contributed by atoms with van der Waals surface area (Å²) in [5.41, 5.74) is 0. The van der Waals surface area contributed by atoms with Gasteiger partial charge in [0.1, 0.15) is 0 Å². The molecule has 2 amide bonds. The smallest absolute Gasteiger partial charge is 0.317 e. The number of nitrogens with zero attached hydrogens (tertiary/aromatic N) is 1. The Morgan fingerprint density at radius 3 is 2.35 bits per heavy atom. The highest BCUT2D eigenvalue weighted by Gasteiger charge is 2.29. The minimum atomic E-state index is -0.749. The molecule has 2 fully saturated rings. The molecule has 0 bridgehead atoms. The summed E-state index contributed by atoms with van der Waals surface area (Å²) >= 11 is 0. The maximum Gasteiger partial charge on any atom is 0.317 e. The molecule has 0 aliphatic carbocycles. The van der Waals surface area contributed by atoms with E-state index in [9.17, 15) is 9.59 Å². The topological polar surface area (TPSA) is 78.9 Å². The number of nitrogens with one attached hydrogen (secondary N) is 1. The van der Waals surface area contributed by atoms with Crippen molar-refractivity contribution in [2.75, 3.05) is 26.3 Å². The highest BCUT2D eigenvalue weighted by atomic mass is 16.5. The number of hydrogen-bond donors (Lipinski definition) is 2. The van der Waals surface area contributed by atoms with Gasteiger partial charge >= 0.3 is 12.0 Å². The number of urea groups is 1. The molecule has 2 aliphatic rings. The first-order valence-corrected chi connectivity index (χ1v) is 7.44. The largest absolute Gasteiger partial charge is 0.481 e. The van der Waals surface area contributed by atoms with E-state index >= 15 is 0 Å². The summed E-state index contributed by atoms with van der Waals surface area (Å²) in [4.78, 5) is 24.8. The van der Waals surface area contributed by atoms with E-state index in [2.05, 4.69) is 5.32 Å². The molecule has 1 atom stereocenters. The van der Waals surface area contributed by atoms with Crippen molar-refractivity contribution < 1.29 is 19.4 Å². The molecule has 2 saturated heterocycles. The third kappa shape index (κ3) is 3.85. The second-order valence-electron chi connectivity index (χ2n) is 5.79. The van der Waals surface area contributed by atoms with Crippen LogP contribution in [0.25, 0.3) is 0 Å². The predicted octanol–water partition coefficient (Wildman–Crippen LogP) is 1.31. The zero-order chi connectivity index (χ0) is 14.5. The third-order valence-corrected chi connectivity index (χ3v) is 4.46. The quantitative estimate of drug-likeness (QED) is 0.819. The van der Waals surface area contributed by atoms with Gasteiger partial charge in [-0.2, -0.15) is 0 Å². The number of amides is 2. The van der Waals surface area contributed by atoms with Crippen LogP contribution in [0.3, 0.4) is 0 Å². The van der Waals surface area contributed by atoms with Gasteiger partial charge in [0.05, 0.1) is 5.92 Å². The lowest BCUT2D eigenvalue weighted by atomic mass is 9.93. The Morgan fingerprint density at radius 2 is 1.80 bits per heavy atom. The van der Waals surface area contributed by atoms with Crippen LogP contribution in [0.5, 0.6) is 0 Å². The number of piperidine rings is 1. The van der Waals surface area contributed by atoms with Crippen LogP contribution in [0.4, 0.5) is 4.79 Å². The molecule has 1 unspecified atom stereocenters. The number of carbonyl (C=O) groups is 2. The van der Waals surface area contributed by atoms with E-state index in [1.807, 2.05) is 6.92 Å². The molecule has 6 heteroatoms. The second kappa shape index (κ2) is 6.92. The maximum atomic E-state index is 12.2. The van der Waals surface area contributed by atoms with E-state index in [0.29, 0.717) is 31.8 Å². The summed E-state index contributed by atoms with van der Waals surface area (Å²) in [5.74, 6) is -0.572. The fraction of sp³-hybridized carbons (Fsp3) is 0.857. The lowest BCUT2D eigenvalue weighted by Gasteiger charge is -2.33. The number of carbonyl (C=O) groups excluding carboxylic acids is 1. The van der Waals surface area contributed by atoms with Crippen molar-refractivity contribution in [3.63, 3.8) is 0 Å². The number of carboxylic acids is 1. The molecule has 6 nitrogen and oxygen atoms in total. The number of hydrogen-bond acceptors (Lipinski definition) is 3. The number of aliphatic carboxylic acids is 1. The van der Waals surface area contributed by atoms with Crippen molar-refractivity contribution in [1.29, 1.82) is 0 Å². The maximum absolute atomic E-state index is 12.2. The molecular formula is C14H24N2O4. The molecule has 0 saturated carbocycles. The molecule has 20 heavy (non-hydrogen) atoms. The van der Waals surface area contributed by atoms with E-state index in [-0.39, 0.29) is 18.0 Å². The Morgan fingerprint density at radius 1 is 1.20 bits per heavy atom. The molecule has 2 heterocycles. The molecule has 2 N–H and O–H groups in total. The summed E-state index contributed by atoms with van der Waals surface area (Å²) in [5, 5.41) is 12.0. The fourth-order valence-corrected chi connectivity index (χ4v) is 2.95. The minimum absolute atomic E-state index is 0.0622. The first-order chi connectivity index (χ1) is 9.58. The van der Waals surface area contributed by atoms with Crippen LogP contribution in [0, 0.1) is 11.8 Å². The first-order valence-electron chi connectivity index (χ1n) is 7.44. The van der Waals surface area contributed by atoms with Gasteiger partial charge in [-0.25, -0.2) is 4.79 Å². The summed E-state index contributed by atoms with van der Waals surface area (Å²) in [6.45, 7) is 4.65. The second-order valence-corrected chi connectivity index (χ2v) is 5.79. The summed E-state index contributed by atoms with van der Waals surface area (Å²) in [6, 6.07) is 0.0800. The molecule has 2 aliphatic heterocycles. The van der Waals surface area contributed by atoms with Crippen LogP contribution in [-0.4, -0.2) is 54.4 Å². The third-order valence-electron chi connectivity index (χ3n) is 4.46. The Balaban J connectivity index is 1.76. The van der Waals surface area contributed by atoms with Crippen molar-refractivity contribution in [3.05, 3.63) is 0 Å². The Hall–Kier alpha value is -1.30. The van der Waals surface area contributed by atoms with Crippen LogP contribution in [0.1, 0.15) is 32.6 Å². The number of rotatable bonds is 3. The summed E-state index contributed by atoms with van der Waals surface area (Å²) in [7, 11) is 0. The van der Waals surface area contributed by atoms with E-state index in [1.165, 1.54) is 0 Å². The zero-order valence-electron chi connectivity index (χ0n) is 12.0. The Labute approximate surface area is 119 Å². The van der Waals surface area contributed by atoms with Crippen molar-refractivity contribution in [2.45, 2.75) is 38.6 Å². The molecule has 0 spiro atoms. The van der Waals surface area contributed by atoms with Crippen molar-refractivity contribution in [2.24, 2.45) is 11.8 Å². The van der Waals surface area contributed by atoms with Crippen molar-refractivity contribution in [1.82, 2.24) is 10.2 Å². The van der Waals surface area contributed by atoms with E-state index in [1.54, 1.807) is 4.90 Å². The highest BCUT2D eigenvalue weighted by molar-refractivity contribution is 5.75. The van der Waals surface area contributed by atoms with Gasteiger partial charge in [0.15, 0.2) is 0 Å². The van der Waals surface area contributed by atoms with Crippen LogP contribution < -0.4 is 5.32 Å². The number of ether oxygens (including phenoxy) is 1. The fourth-order valence-electron chi connectivity index (χ4n) is 2.95. The average Bonchev–Trinajstić information content (AvgIpc) is 2.48. The normalized spacial score (nSPS) is 23.4. The first kappa shape index (κ1) is 15.1. The van der Waals surface area contributed by atoms with E-state index in [4.69, 9.17) is 9.84 Å². The minimum Gasteiger partial charge on any atom is -0.481 e. The number of likely N-dealkylation sites (tertiary alicyclic amines) is 1. The van der Waals surface area contributed by atoms with E-state index < -0.39 is 5.97 Å². The van der Waals surface area contributed by atoms with Gasteiger partial charge in [-0.15, -0.1) is 0 Å². The lowest BCUT2D eigenvalue weighted by molar-refractivity contribution is -0.143.